The number of unbranched alkanes of at least 4 members (excludes halogenated alkanes) is 4. The number of hydrogen-bond donors (Lipinski definition) is 1. The molecule has 0 fully saturated rings. The van der Waals surface area contributed by atoms with Gasteiger partial charge < -0.3 is 0 Å². The molecule has 0 saturated carbocycles. The molecular weight excluding hydrogens is 246 g/mol. The SMILES string of the molecule is CCCCCC(C)(C)CCCC/C=N/C(=S)S. The first-order valence-corrected chi connectivity index (χ1v) is 7.59. The fraction of sp³-hybridized carbons (Fsp3) is 0.857. The van der Waals surface area contributed by atoms with E-state index in [2.05, 4.69) is 38.4 Å². The van der Waals surface area contributed by atoms with Gasteiger partial charge in [-0.2, -0.15) is 0 Å². The van der Waals surface area contributed by atoms with E-state index in [0.717, 1.165) is 6.42 Å². The third-order valence-corrected chi connectivity index (χ3v) is 3.32. The molecular formula is C14H27NS2. The Morgan fingerprint density at radius 3 is 2.29 bits per heavy atom. The van der Waals surface area contributed by atoms with Gasteiger partial charge in [-0.1, -0.05) is 58.7 Å². The summed E-state index contributed by atoms with van der Waals surface area (Å²) >= 11 is 8.71. The lowest BCUT2D eigenvalue weighted by Crippen LogP contribution is -2.10. The summed E-state index contributed by atoms with van der Waals surface area (Å²) < 4.78 is 0.435. The highest BCUT2D eigenvalue weighted by molar-refractivity contribution is 8.11. The zero-order chi connectivity index (χ0) is 13.1. The molecule has 0 unspecified atom stereocenters. The number of rotatable bonds is 9. The highest BCUT2D eigenvalue weighted by atomic mass is 32.1. The third-order valence-electron chi connectivity index (χ3n) is 3.10. The lowest BCUT2D eigenvalue weighted by atomic mass is 9.82. The van der Waals surface area contributed by atoms with E-state index in [0.29, 0.717) is 9.74 Å². The molecule has 0 radical (unpaired) electrons. The molecule has 1 nitrogen and oxygen atoms in total. The number of aliphatic imine (C=N–C) groups is 1. The standard InChI is InChI=1S/C14H27NS2/c1-4-5-7-10-14(2,3)11-8-6-9-12-15-13(16)17/h12H,4-11H2,1-3H3,(H,16,17)/b15-12+. The summed E-state index contributed by atoms with van der Waals surface area (Å²) in [6.07, 6.45) is 12.1. The Kier molecular flexibility index (Phi) is 10.1. The quantitative estimate of drug-likeness (QED) is 0.255. The Morgan fingerprint density at radius 2 is 1.76 bits per heavy atom. The van der Waals surface area contributed by atoms with Gasteiger partial charge in [0.1, 0.15) is 0 Å². The van der Waals surface area contributed by atoms with Gasteiger partial charge in [-0.25, -0.2) is 4.99 Å². The van der Waals surface area contributed by atoms with E-state index in [1.807, 2.05) is 6.21 Å². The molecule has 0 bridgehead atoms. The normalized spacial score (nSPS) is 12.2. The second-order valence-electron chi connectivity index (χ2n) is 5.46. The van der Waals surface area contributed by atoms with Crippen molar-refractivity contribution in [3.63, 3.8) is 0 Å². The van der Waals surface area contributed by atoms with Crippen LogP contribution in [0.25, 0.3) is 0 Å². The van der Waals surface area contributed by atoms with E-state index in [-0.39, 0.29) is 0 Å². The van der Waals surface area contributed by atoms with Crippen molar-refractivity contribution < 1.29 is 0 Å². The van der Waals surface area contributed by atoms with Crippen molar-refractivity contribution in [1.29, 1.82) is 0 Å². The van der Waals surface area contributed by atoms with Crippen LogP contribution in [-0.4, -0.2) is 10.5 Å². The monoisotopic (exact) mass is 273 g/mol. The van der Waals surface area contributed by atoms with Crippen LogP contribution in [0.2, 0.25) is 0 Å². The van der Waals surface area contributed by atoms with Gasteiger partial charge in [0.05, 0.1) is 0 Å². The first kappa shape index (κ1) is 17.1. The van der Waals surface area contributed by atoms with Gasteiger partial charge in [-0.05, 0) is 31.1 Å². The van der Waals surface area contributed by atoms with Gasteiger partial charge in [0.25, 0.3) is 0 Å². The lowest BCUT2D eigenvalue weighted by molar-refractivity contribution is 0.286. The number of thiol groups is 1. The Bertz CT molecular complexity index is 234. The maximum Gasteiger partial charge on any atom is 0.156 e. The maximum atomic E-state index is 4.76. The van der Waals surface area contributed by atoms with Gasteiger partial charge in [-0.15, -0.1) is 12.6 Å². The summed E-state index contributed by atoms with van der Waals surface area (Å²) in [4.78, 5) is 3.99. The molecule has 0 aliphatic heterocycles. The number of hydrogen-bond acceptors (Lipinski definition) is 1. The molecule has 0 aromatic heterocycles. The molecule has 17 heavy (non-hydrogen) atoms. The van der Waals surface area contributed by atoms with Crippen molar-refractivity contribution in [3.8, 4) is 0 Å². The van der Waals surface area contributed by atoms with Crippen molar-refractivity contribution in [2.75, 3.05) is 0 Å². The average molecular weight is 274 g/mol. The zero-order valence-electron chi connectivity index (χ0n) is 11.5. The molecule has 0 aliphatic carbocycles. The number of thiocarbonyl (C=S) groups is 1. The summed E-state index contributed by atoms with van der Waals surface area (Å²) in [6, 6.07) is 0. The predicted octanol–water partition coefficient (Wildman–Crippen LogP) is 5.44. The van der Waals surface area contributed by atoms with Crippen molar-refractivity contribution in [2.24, 2.45) is 10.4 Å². The van der Waals surface area contributed by atoms with E-state index in [1.165, 1.54) is 44.9 Å². The van der Waals surface area contributed by atoms with Gasteiger partial charge in [0.15, 0.2) is 4.32 Å². The Labute approximate surface area is 118 Å². The Morgan fingerprint density at radius 1 is 1.18 bits per heavy atom. The highest BCUT2D eigenvalue weighted by Gasteiger charge is 2.16. The van der Waals surface area contributed by atoms with Crippen LogP contribution >= 0.6 is 24.8 Å². The molecule has 0 aromatic rings. The van der Waals surface area contributed by atoms with Crippen LogP contribution in [0.3, 0.4) is 0 Å². The molecule has 3 heteroatoms. The van der Waals surface area contributed by atoms with E-state index in [9.17, 15) is 0 Å². The molecule has 0 rings (SSSR count). The molecule has 0 heterocycles. The van der Waals surface area contributed by atoms with Gasteiger partial charge >= 0.3 is 0 Å². The van der Waals surface area contributed by atoms with E-state index in [1.54, 1.807) is 0 Å². The molecule has 0 aliphatic rings. The fourth-order valence-corrected chi connectivity index (χ4v) is 2.12. The van der Waals surface area contributed by atoms with Crippen LogP contribution in [0.15, 0.2) is 4.99 Å². The lowest BCUT2D eigenvalue weighted by Gasteiger charge is -2.24. The summed E-state index contributed by atoms with van der Waals surface area (Å²) in [5.41, 5.74) is 0.505. The highest BCUT2D eigenvalue weighted by Crippen LogP contribution is 2.29. The maximum absolute atomic E-state index is 4.76. The summed E-state index contributed by atoms with van der Waals surface area (Å²) in [6.45, 7) is 7.04. The second kappa shape index (κ2) is 10.1. The average Bonchev–Trinajstić information content (AvgIpc) is 2.23. The molecule has 0 saturated heterocycles. The van der Waals surface area contributed by atoms with Crippen LogP contribution in [0, 0.1) is 5.41 Å². The van der Waals surface area contributed by atoms with Gasteiger partial charge in [0, 0.05) is 6.21 Å². The molecule has 0 N–H and O–H groups in total. The second-order valence-corrected chi connectivity index (χ2v) is 6.57. The van der Waals surface area contributed by atoms with Crippen molar-refractivity contribution in [2.45, 2.75) is 72.1 Å². The molecule has 100 valence electrons. The van der Waals surface area contributed by atoms with Crippen LogP contribution in [0.5, 0.6) is 0 Å². The number of nitrogens with zero attached hydrogens (tertiary/aromatic N) is 1. The van der Waals surface area contributed by atoms with Gasteiger partial charge in [-0.3, -0.25) is 0 Å². The van der Waals surface area contributed by atoms with E-state index in [4.69, 9.17) is 12.2 Å². The Balaban J connectivity index is 3.54. The minimum absolute atomic E-state index is 0.435. The van der Waals surface area contributed by atoms with Crippen molar-refractivity contribution in [1.82, 2.24) is 0 Å². The minimum Gasteiger partial charge on any atom is -0.243 e. The predicted molar refractivity (Wildman–Crippen MR) is 86.5 cm³/mol. The first-order chi connectivity index (χ1) is 7.98. The summed E-state index contributed by atoms with van der Waals surface area (Å²) in [5, 5.41) is 0. The minimum atomic E-state index is 0.435. The Hall–Kier alpha value is 0.110. The van der Waals surface area contributed by atoms with Crippen molar-refractivity contribution in [3.05, 3.63) is 0 Å². The fourth-order valence-electron chi connectivity index (χ4n) is 1.96. The molecule has 0 spiro atoms. The van der Waals surface area contributed by atoms with Crippen LogP contribution in [0.4, 0.5) is 0 Å². The summed E-state index contributed by atoms with van der Waals surface area (Å²) in [5.74, 6) is 0. The van der Waals surface area contributed by atoms with Crippen molar-refractivity contribution >= 4 is 35.4 Å². The largest absolute Gasteiger partial charge is 0.243 e. The molecule has 0 amide bonds. The van der Waals surface area contributed by atoms with Crippen LogP contribution in [0.1, 0.15) is 72.1 Å². The van der Waals surface area contributed by atoms with Crippen LogP contribution < -0.4 is 0 Å². The zero-order valence-corrected chi connectivity index (χ0v) is 13.2. The third kappa shape index (κ3) is 12.4. The summed E-state index contributed by atoms with van der Waals surface area (Å²) in [7, 11) is 0. The topological polar surface area (TPSA) is 12.4 Å². The van der Waals surface area contributed by atoms with E-state index >= 15 is 0 Å². The first-order valence-electron chi connectivity index (χ1n) is 6.73. The van der Waals surface area contributed by atoms with E-state index < -0.39 is 0 Å². The van der Waals surface area contributed by atoms with Gasteiger partial charge in [0.2, 0.25) is 0 Å². The van der Waals surface area contributed by atoms with Crippen LogP contribution in [-0.2, 0) is 0 Å². The molecule has 0 atom stereocenters. The smallest absolute Gasteiger partial charge is 0.156 e. The molecule has 0 aromatic carbocycles.